The summed E-state index contributed by atoms with van der Waals surface area (Å²) in [7, 11) is -1.03. The molecule has 116 valence electrons. The van der Waals surface area contributed by atoms with Gasteiger partial charge in [0.15, 0.2) is 0 Å². The summed E-state index contributed by atoms with van der Waals surface area (Å²) in [6, 6.07) is 6.14. The number of hydrogen-bond acceptors (Lipinski definition) is 3. The highest BCUT2D eigenvalue weighted by molar-refractivity contribution is 7.84. The van der Waals surface area contributed by atoms with Crippen LogP contribution in [-0.2, 0) is 15.6 Å². The average molecular weight is 312 g/mol. The van der Waals surface area contributed by atoms with Gasteiger partial charge in [-0.3, -0.25) is 14.3 Å². The standard InChI is InChI=1S/C15H21FN2O2S/c1-4-13-15(19)18(9-10(2)21(3)20)14(17-13)11-7-5-6-8-12(11)16/h5-8,10,13-14,17H,4,9H2,1-3H3. The molecule has 0 aliphatic carbocycles. The quantitative estimate of drug-likeness (QED) is 0.902. The molecule has 1 aliphatic rings. The molecule has 1 aromatic rings. The van der Waals surface area contributed by atoms with Crippen LogP contribution in [0.3, 0.4) is 0 Å². The fraction of sp³-hybridized carbons (Fsp3) is 0.533. The van der Waals surface area contributed by atoms with Gasteiger partial charge in [0.1, 0.15) is 12.0 Å². The summed E-state index contributed by atoms with van der Waals surface area (Å²) in [4.78, 5) is 14.0. The molecule has 4 nitrogen and oxygen atoms in total. The number of halogens is 1. The Morgan fingerprint density at radius 2 is 2.10 bits per heavy atom. The zero-order valence-corrected chi connectivity index (χ0v) is 13.3. The van der Waals surface area contributed by atoms with Gasteiger partial charge in [0.2, 0.25) is 5.91 Å². The summed E-state index contributed by atoms with van der Waals surface area (Å²) in [5, 5.41) is 3.03. The number of amides is 1. The molecule has 4 unspecified atom stereocenters. The topological polar surface area (TPSA) is 49.4 Å². The van der Waals surface area contributed by atoms with E-state index in [1.54, 1.807) is 29.4 Å². The van der Waals surface area contributed by atoms with Crippen molar-refractivity contribution in [1.29, 1.82) is 0 Å². The first-order chi connectivity index (χ1) is 9.95. The smallest absolute Gasteiger partial charge is 0.241 e. The van der Waals surface area contributed by atoms with Gasteiger partial charge in [0.25, 0.3) is 0 Å². The molecular formula is C15H21FN2O2S. The van der Waals surface area contributed by atoms with E-state index in [1.807, 2.05) is 13.8 Å². The SMILES string of the molecule is CCC1NC(c2ccccc2F)N(CC(C)S(C)=O)C1=O. The minimum Gasteiger partial charge on any atom is -0.320 e. The molecule has 1 saturated heterocycles. The van der Waals surface area contributed by atoms with E-state index in [1.165, 1.54) is 6.07 Å². The van der Waals surface area contributed by atoms with E-state index < -0.39 is 17.0 Å². The Kier molecular flexibility index (Phi) is 5.11. The zero-order valence-electron chi connectivity index (χ0n) is 12.5. The lowest BCUT2D eigenvalue weighted by molar-refractivity contribution is -0.130. The van der Waals surface area contributed by atoms with Crippen LogP contribution >= 0.6 is 0 Å². The maximum atomic E-state index is 14.0. The Bertz CT molecular complexity index is 552. The second-order valence-electron chi connectivity index (χ2n) is 5.35. The second kappa shape index (κ2) is 6.66. The van der Waals surface area contributed by atoms with Crippen molar-refractivity contribution in [3.8, 4) is 0 Å². The molecule has 21 heavy (non-hydrogen) atoms. The van der Waals surface area contributed by atoms with Crippen LogP contribution in [0.1, 0.15) is 32.0 Å². The fourth-order valence-corrected chi connectivity index (χ4v) is 2.87. The summed E-state index contributed by atoms with van der Waals surface area (Å²) >= 11 is 0. The van der Waals surface area contributed by atoms with Crippen molar-refractivity contribution >= 4 is 16.7 Å². The van der Waals surface area contributed by atoms with Gasteiger partial charge >= 0.3 is 0 Å². The van der Waals surface area contributed by atoms with Crippen molar-refractivity contribution in [3.63, 3.8) is 0 Å². The number of hydrogen-bond donors (Lipinski definition) is 1. The van der Waals surface area contributed by atoms with Gasteiger partial charge in [-0.2, -0.15) is 0 Å². The van der Waals surface area contributed by atoms with Crippen molar-refractivity contribution in [3.05, 3.63) is 35.6 Å². The lowest BCUT2D eigenvalue weighted by Crippen LogP contribution is -2.38. The van der Waals surface area contributed by atoms with Crippen LogP contribution in [-0.4, -0.2) is 39.1 Å². The van der Waals surface area contributed by atoms with E-state index in [-0.39, 0.29) is 23.0 Å². The predicted octanol–water partition coefficient (Wildman–Crippen LogP) is 1.80. The summed E-state index contributed by atoms with van der Waals surface area (Å²) in [6.45, 7) is 4.10. The molecule has 1 aliphatic heterocycles. The molecule has 1 N–H and O–H groups in total. The van der Waals surface area contributed by atoms with Gasteiger partial charge in [-0.15, -0.1) is 0 Å². The van der Waals surface area contributed by atoms with Crippen molar-refractivity contribution < 1.29 is 13.4 Å². The Balaban J connectivity index is 2.31. The fourth-order valence-electron chi connectivity index (χ4n) is 2.50. The van der Waals surface area contributed by atoms with Crippen LogP contribution in [0.15, 0.2) is 24.3 Å². The summed E-state index contributed by atoms with van der Waals surface area (Å²) in [6.07, 6.45) is 1.77. The van der Waals surface area contributed by atoms with Crippen LogP contribution in [0.25, 0.3) is 0 Å². The first-order valence-electron chi connectivity index (χ1n) is 7.08. The van der Waals surface area contributed by atoms with Crippen LogP contribution in [0, 0.1) is 5.82 Å². The van der Waals surface area contributed by atoms with E-state index in [0.717, 1.165) is 0 Å². The molecule has 1 heterocycles. The van der Waals surface area contributed by atoms with Gasteiger partial charge in [0.05, 0.1) is 6.04 Å². The number of benzene rings is 1. The van der Waals surface area contributed by atoms with Crippen molar-refractivity contribution in [2.75, 3.05) is 12.8 Å². The van der Waals surface area contributed by atoms with Crippen LogP contribution in [0.4, 0.5) is 4.39 Å². The molecule has 0 aromatic heterocycles. The van der Waals surface area contributed by atoms with Crippen molar-refractivity contribution in [2.45, 2.75) is 37.7 Å². The number of carbonyl (C=O) groups excluding carboxylic acids is 1. The van der Waals surface area contributed by atoms with Gasteiger partial charge < -0.3 is 4.90 Å². The third kappa shape index (κ3) is 3.32. The van der Waals surface area contributed by atoms with Gasteiger partial charge in [0, 0.05) is 34.4 Å². The van der Waals surface area contributed by atoms with Crippen molar-refractivity contribution in [2.24, 2.45) is 0 Å². The van der Waals surface area contributed by atoms with E-state index in [9.17, 15) is 13.4 Å². The Morgan fingerprint density at radius 1 is 1.43 bits per heavy atom. The molecule has 0 bridgehead atoms. The molecule has 1 aromatic carbocycles. The lowest BCUT2D eigenvalue weighted by Gasteiger charge is -2.27. The summed E-state index contributed by atoms with van der Waals surface area (Å²) < 4.78 is 25.6. The van der Waals surface area contributed by atoms with Crippen LogP contribution in [0.5, 0.6) is 0 Å². The highest BCUT2D eigenvalue weighted by Crippen LogP contribution is 2.28. The summed E-state index contributed by atoms with van der Waals surface area (Å²) in [5.41, 5.74) is 0.455. The lowest BCUT2D eigenvalue weighted by atomic mass is 10.1. The molecule has 6 heteroatoms. The maximum Gasteiger partial charge on any atom is 0.241 e. The largest absolute Gasteiger partial charge is 0.320 e. The molecule has 4 atom stereocenters. The highest BCUT2D eigenvalue weighted by atomic mass is 32.2. The zero-order chi connectivity index (χ0) is 15.6. The number of rotatable bonds is 5. The summed E-state index contributed by atoms with van der Waals surface area (Å²) in [5.74, 6) is -0.391. The molecule has 1 fully saturated rings. The number of nitrogens with one attached hydrogen (secondary N) is 1. The van der Waals surface area contributed by atoms with Crippen LogP contribution in [0.2, 0.25) is 0 Å². The normalized spacial score (nSPS) is 25.1. The monoisotopic (exact) mass is 312 g/mol. The molecule has 0 radical (unpaired) electrons. The Morgan fingerprint density at radius 3 is 2.67 bits per heavy atom. The molecule has 0 saturated carbocycles. The van der Waals surface area contributed by atoms with Gasteiger partial charge in [-0.1, -0.05) is 25.1 Å². The van der Waals surface area contributed by atoms with E-state index >= 15 is 0 Å². The molecule has 0 spiro atoms. The minimum absolute atomic E-state index is 0.0527. The maximum absolute atomic E-state index is 14.0. The molecule has 1 amide bonds. The van der Waals surface area contributed by atoms with Crippen molar-refractivity contribution in [1.82, 2.24) is 10.2 Å². The van der Waals surface area contributed by atoms with E-state index in [2.05, 4.69) is 5.32 Å². The van der Waals surface area contributed by atoms with E-state index in [4.69, 9.17) is 0 Å². The Labute approximate surface area is 127 Å². The first kappa shape index (κ1) is 16.1. The number of nitrogens with zero attached hydrogens (tertiary/aromatic N) is 1. The Hall–Kier alpha value is -1.27. The van der Waals surface area contributed by atoms with Crippen LogP contribution < -0.4 is 5.32 Å². The third-order valence-corrected chi connectivity index (χ3v) is 5.16. The van der Waals surface area contributed by atoms with E-state index in [0.29, 0.717) is 18.5 Å². The molecular weight excluding hydrogens is 291 g/mol. The predicted molar refractivity (Wildman–Crippen MR) is 81.6 cm³/mol. The molecule has 2 rings (SSSR count). The first-order valence-corrected chi connectivity index (χ1v) is 8.71. The second-order valence-corrected chi connectivity index (χ2v) is 7.15. The van der Waals surface area contributed by atoms with Gasteiger partial charge in [-0.25, -0.2) is 4.39 Å². The third-order valence-electron chi connectivity index (χ3n) is 3.88. The minimum atomic E-state index is -1.03. The average Bonchev–Trinajstić information content (AvgIpc) is 2.76. The van der Waals surface area contributed by atoms with Gasteiger partial charge in [-0.05, 0) is 19.4 Å². The number of carbonyl (C=O) groups is 1. The highest BCUT2D eigenvalue weighted by Gasteiger charge is 2.40.